The highest BCUT2D eigenvalue weighted by atomic mass is 16.1. The van der Waals surface area contributed by atoms with Crippen molar-refractivity contribution in [3.63, 3.8) is 0 Å². The monoisotopic (exact) mass is 351 g/mol. The van der Waals surface area contributed by atoms with E-state index in [-0.39, 0.29) is 0 Å². The number of carbonyl (C=O) groups is 1. The van der Waals surface area contributed by atoms with Gasteiger partial charge < -0.3 is 15.1 Å². The topological polar surface area (TPSA) is 61.4 Å². The van der Waals surface area contributed by atoms with E-state index in [0.29, 0.717) is 5.56 Å². The lowest BCUT2D eigenvalue weighted by Gasteiger charge is -2.36. The lowest BCUT2D eigenvalue weighted by molar-refractivity contribution is 0.112. The Morgan fingerprint density at radius 3 is 2.42 bits per heavy atom. The summed E-state index contributed by atoms with van der Waals surface area (Å²) in [6.45, 7) is 4.56. The summed E-state index contributed by atoms with van der Waals surface area (Å²) in [7, 11) is 0. The van der Waals surface area contributed by atoms with Gasteiger partial charge in [-0.15, -0.1) is 0 Å². The van der Waals surface area contributed by atoms with Gasteiger partial charge in [-0.05, 0) is 69.1 Å². The Balaban J connectivity index is 1.38. The highest BCUT2D eigenvalue weighted by Crippen LogP contribution is 2.24. The fourth-order valence-electron chi connectivity index (χ4n) is 3.90. The van der Waals surface area contributed by atoms with Crippen LogP contribution >= 0.6 is 0 Å². The average molecular weight is 351 g/mol. The summed E-state index contributed by atoms with van der Waals surface area (Å²) in [5.74, 6) is 1.56. The molecule has 26 heavy (non-hydrogen) atoms. The second-order valence-electron chi connectivity index (χ2n) is 7.07. The fourth-order valence-corrected chi connectivity index (χ4v) is 3.90. The van der Waals surface area contributed by atoms with Crippen LogP contribution in [-0.2, 0) is 0 Å². The lowest BCUT2D eigenvalue weighted by Crippen LogP contribution is -2.44. The number of rotatable bonds is 5. The highest BCUT2D eigenvalue weighted by molar-refractivity contribution is 5.76. The molecule has 1 aromatic carbocycles. The minimum atomic E-state index is 0.666. The first-order valence-corrected chi connectivity index (χ1v) is 9.46. The molecule has 2 saturated heterocycles. The Morgan fingerprint density at radius 1 is 1.00 bits per heavy atom. The van der Waals surface area contributed by atoms with Crippen molar-refractivity contribution < 1.29 is 4.79 Å². The Kier molecular flexibility index (Phi) is 5.11. The molecular formula is C20H25N5O. The zero-order chi connectivity index (χ0) is 17.8. The molecular weight excluding hydrogens is 326 g/mol. The predicted octanol–water partition coefficient (Wildman–Crippen LogP) is 3.10. The van der Waals surface area contributed by atoms with Crippen LogP contribution < -0.4 is 10.2 Å². The van der Waals surface area contributed by atoms with Crippen LogP contribution in [0.2, 0.25) is 0 Å². The maximum atomic E-state index is 10.8. The van der Waals surface area contributed by atoms with Gasteiger partial charge in [0.1, 0.15) is 12.1 Å². The predicted molar refractivity (Wildman–Crippen MR) is 103 cm³/mol. The van der Waals surface area contributed by atoms with Gasteiger partial charge in [0, 0.05) is 36.6 Å². The van der Waals surface area contributed by atoms with Crippen LogP contribution in [0.3, 0.4) is 0 Å². The van der Waals surface area contributed by atoms with Crippen molar-refractivity contribution in [2.45, 2.75) is 31.7 Å². The van der Waals surface area contributed by atoms with Crippen molar-refractivity contribution >= 4 is 23.7 Å². The smallest absolute Gasteiger partial charge is 0.227 e. The van der Waals surface area contributed by atoms with Gasteiger partial charge in [0.2, 0.25) is 5.95 Å². The first kappa shape index (κ1) is 17.0. The van der Waals surface area contributed by atoms with Crippen molar-refractivity contribution in [1.29, 1.82) is 0 Å². The molecule has 0 aliphatic carbocycles. The van der Waals surface area contributed by atoms with Crippen molar-refractivity contribution in [3.8, 4) is 0 Å². The molecule has 0 unspecified atom stereocenters. The molecule has 0 spiro atoms. The molecule has 2 aliphatic heterocycles. The van der Waals surface area contributed by atoms with Gasteiger partial charge >= 0.3 is 0 Å². The van der Waals surface area contributed by atoms with E-state index < -0.39 is 0 Å². The van der Waals surface area contributed by atoms with Gasteiger partial charge in [-0.2, -0.15) is 4.98 Å². The molecule has 2 fully saturated rings. The van der Waals surface area contributed by atoms with Crippen LogP contribution in [0.25, 0.3) is 0 Å². The van der Waals surface area contributed by atoms with Crippen LogP contribution in [0.15, 0.2) is 36.5 Å². The van der Waals surface area contributed by atoms with Crippen molar-refractivity contribution in [3.05, 3.63) is 42.1 Å². The van der Waals surface area contributed by atoms with Crippen LogP contribution in [0.4, 0.5) is 17.5 Å². The number of aldehydes is 1. The maximum Gasteiger partial charge on any atom is 0.227 e. The van der Waals surface area contributed by atoms with Gasteiger partial charge in [0.25, 0.3) is 0 Å². The molecule has 2 aliphatic rings. The Hall–Kier alpha value is -2.47. The third kappa shape index (κ3) is 3.85. The molecule has 3 heterocycles. The lowest BCUT2D eigenvalue weighted by atomic mass is 10.0. The zero-order valence-electron chi connectivity index (χ0n) is 15.0. The molecule has 2 aromatic rings. The summed E-state index contributed by atoms with van der Waals surface area (Å²) in [5, 5.41) is 3.29. The zero-order valence-corrected chi connectivity index (χ0v) is 15.0. The summed E-state index contributed by atoms with van der Waals surface area (Å²) in [4.78, 5) is 24.8. The molecule has 6 heteroatoms. The number of piperidine rings is 1. The first-order valence-electron chi connectivity index (χ1n) is 9.46. The number of nitrogens with zero attached hydrogens (tertiary/aromatic N) is 4. The molecule has 0 bridgehead atoms. The number of hydrogen-bond acceptors (Lipinski definition) is 6. The highest BCUT2D eigenvalue weighted by Gasteiger charge is 2.27. The second kappa shape index (κ2) is 7.83. The number of likely N-dealkylation sites (tertiary alicyclic amines) is 1. The number of carbonyl (C=O) groups excluding carboxylic acids is 1. The molecule has 0 saturated carbocycles. The van der Waals surface area contributed by atoms with Gasteiger partial charge in [-0.25, -0.2) is 4.98 Å². The molecule has 0 radical (unpaired) electrons. The molecule has 0 atom stereocenters. The third-order valence-electron chi connectivity index (χ3n) is 5.37. The van der Waals surface area contributed by atoms with Crippen LogP contribution in [0.1, 0.15) is 36.0 Å². The van der Waals surface area contributed by atoms with Crippen molar-refractivity contribution in [1.82, 2.24) is 14.9 Å². The number of anilines is 3. The van der Waals surface area contributed by atoms with E-state index in [1.165, 1.54) is 38.8 Å². The summed E-state index contributed by atoms with van der Waals surface area (Å²) >= 11 is 0. The average Bonchev–Trinajstić information content (AvgIpc) is 3.24. The second-order valence-corrected chi connectivity index (χ2v) is 7.07. The summed E-state index contributed by atoms with van der Waals surface area (Å²) < 4.78 is 0. The standard InChI is InChI=1S/C20H25N5O/c26-15-16-3-5-17(6-4-16)22-19-7-10-21-20(23-19)25-13-8-18(9-14-25)24-11-1-2-12-24/h3-7,10,15,18H,1-2,8-9,11-14H2,(H,21,22,23). The van der Waals surface area contributed by atoms with Crippen LogP contribution in [0.5, 0.6) is 0 Å². The minimum absolute atomic E-state index is 0.666. The quantitative estimate of drug-likeness (QED) is 0.835. The van der Waals surface area contributed by atoms with Crippen molar-refractivity contribution in [2.75, 3.05) is 36.4 Å². The normalized spacial score (nSPS) is 18.8. The van der Waals surface area contributed by atoms with E-state index in [4.69, 9.17) is 0 Å². The van der Waals surface area contributed by atoms with E-state index in [1.54, 1.807) is 18.3 Å². The van der Waals surface area contributed by atoms with Crippen molar-refractivity contribution in [2.24, 2.45) is 0 Å². The van der Waals surface area contributed by atoms with E-state index in [9.17, 15) is 4.79 Å². The fraction of sp³-hybridized carbons (Fsp3) is 0.450. The minimum Gasteiger partial charge on any atom is -0.341 e. The van der Waals surface area contributed by atoms with Gasteiger partial charge in [0.15, 0.2) is 0 Å². The molecule has 4 rings (SSSR count). The van der Waals surface area contributed by atoms with Gasteiger partial charge in [0.05, 0.1) is 0 Å². The molecule has 1 aromatic heterocycles. The molecule has 136 valence electrons. The van der Waals surface area contributed by atoms with Crippen LogP contribution in [0, 0.1) is 0 Å². The summed E-state index contributed by atoms with van der Waals surface area (Å²) in [5.41, 5.74) is 1.58. The van der Waals surface area contributed by atoms with Gasteiger partial charge in [-0.1, -0.05) is 0 Å². The van der Waals surface area contributed by atoms with Crippen LogP contribution in [-0.4, -0.2) is 53.4 Å². The van der Waals surface area contributed by atoms with E-state index >= 15 is 0 Å². The number of hydrogen-bond donors (Lipinski definition) is 1. The van der Waals surface area contributed by atoms with E-state index in [0.717, 1.165) is 42.9 Å². The molecule has 1 N–H and O–H groups in total. The first-order chi connectivity index (χ1) is 12.8. The largest absolute Gasteiger partial charge is 0.341 e. The molecule has 0 amide bonds. The molecule has 6 nitrogen and oxygen atoms in total. The number of aromatic nitrogens is 2. The number of nitrogens with one attached hydrogen (secondary N) is 1. The van der Waals surface area contributed by atoms with E-state index in [2.05, 4.69) is 25.1 Å². The Labute approximate surface area is 154 Å². The Morgan fingerprint density at radius 2 is 1.73 bits per heavy atom. The maximum absolute atomic E-state index is 10.8. The summed E-state index contributed by atoms with van der Waals surface area (Å²) in [6.07, 6.45) is 7.73. The third-order valence-corrected chi connectivity index (χ3v) is 5.37. The summed E-state index contributed by atoms with van der Waals surface area (Å²) in [6, 6.07) is 9.95. The number of benzene rings is 1. The Bertz CT molecular complexity index is 734. The van der Waals surface area contributed by atoms with Gasteiger partial charge in [-0.3, -0.25) is 4.79 Å². The van der Waals surface area contributed by atoms with E-state index in [1.807, 2.05) is 18.2 Å². The SMILES string of the molecule is O=Cc1ccc(Nc2ccnc(N3CCC(N4CCCC4)CC3)n2)cc1.